The molecule has 2 aromatic rings. The van der Waals surface area contributed by atoms with Gasteiger partial charge in [-0.3, -0.25) is 14.4 Å². The molecule has 1 saturated heterocycles. The molecular formula is C26H33N3O3. The summed E-state index contributed by atoms with van der Waals surface area (Å²) in [6, 6.07) is 14.2. The van der Waals surface area contributed by atoms with Gasteiger partial charge >= 0.3 is 0 Å². The second-order valence-electron chi connectivity index (χ2n) is 9.72. The van der Waals surface area contributed by atoms with E-state index in [1.165, 1.54) is 0 Å². The summed E-state index contributed by atoms with van der Waals surface area (Å²) in [7, 11) is 0. The highest BCUT2D eigenvalue weighted by Gasteiger charge is 2.38. The van der Waals surface area contributed by atoms with Crippen LogP contribution in [0.5, 0.6) is 0 Å². The van der Waals surface area contributed by atoms with Crippen LogP contribution in [0, 0.1) is 12.3 Å². The van der Waals surface area contributed by atoms with Crippen LogP contribution >= 0.6 is 0 Å². The molecule has 3 amide bonds. The Morgan fingerprint density at radius 3 is 2.06 bits per heavy atom. The molecule has 0 saturated carbocycles. The number of aryl methyl sites for hydroxylation is 1. The molecule has 0 aliphatic carbocycles. The number of carbonyl (C=O) groups excluding carboxylic acids is 3. The minimum atomic E-state index is -0.450. The third-order valence-electron chi connectivity index (χ3n) is 5.85. The molecular weight excluding hydrogens is 402 g/mol. The monoisotopic (exact) mass is 435 g/mol. The molecule has 0 spiro atoms. The Morgan fingerprint density at radius 1 is 0.906 bits per heavy atom. The molecule has 170 valence electrons. The maximum atomic E-state index is 13.4. The van der Waals surface area contributed by atoms with Gasteiger partial charge in [0.05, 0.1) is 0 Å². The van der Waals surface area contributed by atoms with Crippen molar-refractivity contribution in [1.82, 2.24) is 9.80 Å². The van der Waals surface area contributed by atoms with E-state index in [9.17, 15) is 14.4 Å². The molecule has 2 aromatic carbocycles. The van der Waals surface area contributed by atoms with Crippen molar-refractivity contribution < 1.29 is 14.4 Å². The van der Waals surface area contributed by atoms with Crippen molar-refractivity contribution in [3.63, 3.8) is 0 Å². The maximum absolute atomic E-state index is 13.4. The summed E-state index contributed by atoms with van der Waals surface area (Å²) in [5.74, 6) is -0.207. The summed E-state index contributed by atoms with van der Waals surface area (Å²) in [6.07, 6.45) is 0. The predicted molar refractivity (Wildman–Crippen MR) is 127 cm³/mol. The zero-order chi connectivity index (χ0) is 23.6. The lowest BCUT2D eigenvalue weighted by atomic mass is 9.93. The van der Waals surface area contributed by atoms with Crippen molar-refractivity contribution in [2.45, 2.75) is 53.6 Å². The Morgan fingerprint density at radius 2 is 1.50 bits per heavy atom. The molecule has 2 unspecified atom stereocenters. The smallest absolute Gasteiger partial charge is 0.255 e. The van der Waals surface area contributed by atoms with Gasteiger partial charge in [0, 0.05) is 47.4 Å². The average Bonchev–Trinajstić information content (AvgIpc) is 2.74. The van der Waals surface area contributed by atoms with Gasteiger partial charge in [-0.1, -0.05) is 45.0 Å². The van der Waals surface area contributed by atoms with E-state index < -0.39 is 5.41 Å². The van der Waals surface area contributed by atoms with Gasteiger partial charge in [0.15, 0.2) is 0 Å². The third-order valence-corrected chi connectivity index (χ3v) is 5.85. The first-order valence-electron chi connectivity index (χ1n) is 11.1. The molecule has 1 fully saturated rings. The van der Waals surface area contributed by atoms with Crippen molar-refractivity contribution in [3.8, 4) is 0 Å². The number of rotatable bonds is 3. The molecule has 0 radical (unpaired) electrons. The van der Waals surface area contributed by atoms with Crippen LogP contribution in [0.25, 0.3) is 0 Å². The van der Waals surface area contributed by atoms with Crippen LogP contribution < -0.4 is 5.32 Å². The quantitative estimate of drug-likeness (QED) is 0.779. The van der Waals surface area contributed by atoms with Gasteiger partial charge in [0.1, 0.15) is 0 Å². The largest absolute Gasteiger partial charge is 0.338 e. The Labute approximate surface area is 190 Å². The van der Waals surface area contributed by atoms with E-state index in [1.54, 1.807) is 24.3 Å². The fourth-order valence-corrected chi connectivity index (χ4v) is 4.19. The van der Waals surface area contributed by atoms with E-state index in [1.807, 2.05) is 75.6 Å². The molecule has 1 aliphatic rings. The van der Waals surface area contributed by atoms with Crippen LogP contribution in [0.4, 0.5) is 5.69 Å². The molecule has 1 heterocycles. The lowest BCUT2D eigenvalue weighted by Crippen LogP contribution is -2.61. The van der Waals surface area contributed by atoms with Crippen LogP contribution in [-0.4, -0.2) is 52.7 Å². The van der Waals surface area contributed by atoms with E-state index in [0.717, 1.165) is 5.56 Å². The SMILES string of the molecule is Cc1ccc(C(=O)N2C(C)CN(C(=O)C(C)(C)C)CC2C)cc1NC(=O)c1ccccc1. The Hall–Kier alpha value is -3.15. The Balaban J connectivity index is 1.78. The van der Waals surface area contributed by atoms with Gasteiger partial charge in [-0.15, -0.1) is 0 Å². The lowest BCUT2D eigenvalue weighted by molar-refractivity contribution is -0.143. The first kappa shape index (κ1) is 23.5. The van der Waals surface area contributed by atoms with Crippen molar-refractivity contribution >= 4 is 23.4 Å². The van der Waals surface area contributed by atoms with E-state index in [-0.39, 0.29) is 29.8 Å². The highest BCUT2D eigenvalue weighted by molar-refractivity contribution is 6.05. The molecule has 0 bridgehead atoms. The maximum Gasteiger partial charge on any atom is 0.255 e. The number of carbonyl (C=O) groups is 3. The number of anilines is 1. The average molecular weight is 436 g/mol. The second-order valence-corrected chi connectivity index (χ2v) is 9.72. The number of benzene rings is 2. The molecule has 6 heteroatoms. The minimum absolute atomic E-state index is 0.0944. The summed E-state index contributed by atoms with van der Waals surface area (Å²) in [5.41, 5.74) is 2.13. The van der Waals surface area contributed by atoms with E-state index in [0.29, 0.717) is 29.9 Å². The third kappa shape index (κ3) is 5.01. The fourth-order valence-electron chi connectivity index (χ4n) is 4.19. The highest BCUT2D eigenvalue weighted by Crippen LogP contribution is 2.26. The fraction of sp³-hybridized carbons (Fsp3) is 0.423. The summed E-state index contributed by atoms with van der Waals surface area (Å²) in [5, 5.41) is 2.92. The number of nitrogens with zero attached hydrogens (tertiary/aromatic N) is 2. The van der Waals surface area contributed by atoms with Crippen molar-refractivity contribution in [3.05, 3.63) is 65.2 Å². The summed E-state index contributed by atoms with van der Waals surface area (Å²) < 4.78 is 0. The second kappa shape index (κ2) is 9.15. The van der Waals surface area contributed by atoms with Crippen LogP contribution in [0.3, 0.4) is 0 Å². The molecule has 1 N–H and O–H groups in total. The summed E-state index contributed by atoms with van der Waals surface area (Å²) >= 11 is 0. The van der Waals surface area contributed by atoms with Gasteiger partial charge < -0.3 is 15.1 Å². The standard InChI is InChI=1S/C26H33N3O3/c1-17-12-13-21(14-22(17)27-23(30)20-10-8-7-9-11-20)24(31)29-18(2)15-28(16-19(29)3)25(32)26(4,5)6/h7-14,18-19H,15-16H2,1-6H3,(H,27,30). The van der Waals surface area contributed by atoms with Gasteiger partial charge in [0.2, 0.25) is 5.91 Å². The van der Waals surface area contributed by atoms with Gasteiger partial charge in [-0.2, -0.15) is 0 Å². The van der Waals surface area contributed by atoms with Crippen LogP contribution in [-0.2, 0) is 4.79 Å². The number of piperazine rings is 1. The molecule has 32 heavy (non-hydrogen) atoms. The Bertz CT molecular complexity index is 999. The predicted octanol–water partition coefficient (Wildman–Crippen LogP) is 4.35. The summed E-state index contributed by atoms with van der Waals surface area (Å²) in [6.45, 7) is 12.6. The molecule has 2 atom stereocenters. The topological polar surface area (TPSA) is 69.7 Å². The number of hydrogen-bond acceptors (Lipinski definition) is 3. The van der Waals surface area contributed by atoms with Crippen molar-refractivity contribution in [2.24, 2.45) is 5.41 Å². The van der Waals surface area contributed by atoms with E-state index >= 15 is 0 Å². The molecule has 0 aromatic heterocycles. The van der Waals surface area contributed by atoms with Crippen LogP contribution in [0.2, 0.25) is 0 Å². The zero-order valence-corrected chi connectivity index (χ0v) is 19.8. The number of nitrogens with one attached hydrogen (secondary N) is 1. The number of hydrogen-bond donors (Lipinski definition) is 1. The van der Waals surface area contributed by atoms with Crippen molar-refractivity contribution in [2.75, 3.05) is 18.4 Å². The zero-order valence-electron chi connectivity index (χ0n) is 19.8. The van der Waals surface area contributed by atoms with Gasteiger partial charge in [0.25, 0.3) is 11.8 Å². The minimum Gasteiger partial charge on any atom is -0.338 e. The first-order chi connectivity index (χ1) is 15.0. The van der Waals surface area contributed by atoms with E-state index in [4.69, 9.17) is 0 Å². The Kier molecular flexibility index (Phi) is 6.72. The highest BCUT2D eigenvalue weighted by atomic mass is 16.2. The summed E-state index contributed by atoms with van der Waals surface area (Å²) in [4.78, 5) is 42.5. The molecule has 1 aliphatic heterocycles. The lowest BCUT2D eigenvalue weighted by Gasteiger charge is -2.46. The van der Waals surface area contributed by atoms with Crippen LogP contribution in [0.1, 0.15) is 60.9 Å². The molecule has 3 rings (SSSR count). The first-order valence-corrected chi connectivity index (χ1v) is 11.1. The number of amides is 3. The van der Waals surface area contributed by atoms with Crippen LogP contribution in [0.15, 0.2) is 48.5 Å². The van der Waals surface area contributed by atoms with Crippen molar-refractivity contribution in [1.29, 1.82) is 0 Å². The van der Waals surface area contributed by atoms with E-state index in [2.05, 4.69) is 5.32 Å². The van der Waals surface area contributed by atoms with Gasteiger partial charge in [-0.05, 0) is 50.6 Å². The normalized spacial score (nSPS) is 18.9. The van der Waals surface area contributed by atoms with Gasteiger partial charge in [-0.25, -0.2) is 0 Å². The molecule has 6 nitrogen and oxygen atoms in total.